The number of nitrogens with zero attached hydrogens (tertiary/aromatic N) is 2. The first-order valence-corrected chi connectivity index (χ1v) is 6.62. The zero-order valence-electron chi connectivity index (χ0n) is 11.3. The largest absolute Gasteiger partial charge is 0.381 e. The number of methoxy groups -OCH3 is 1. The van der Waals surface area contributed by atoms with Gasteiger partial charge in [0.25, 0.3) is 11.8 Å². The summed E-state index contributed by atoms with van der Waals surface area (Å²) in [4.78, 5) is 4.38. The van der Waals surface area contributed by atoms with Crippen molar-refractivity contribution in [3.63, 3.8) is 0 Å². The Morgan fingerprint density at radius 3 is 2.90 bits per heavy atom. The number of nitrogens with one attached hydrogen (secondary N) is 1. The third-order valence-corrected chi connectivity index (χ3v) is 3.33. The fraction of sp³-hybridized carbons (Fsp3) is 0.429. The van der Waals surface area contributed by atoms with Gasteiger partial charge in [-0.15, -0.1) is 0 Å². The zero-order chi connectivity index (χ0) is 13.8. The molecule has 1 aromatic carbocycles. The summed E-state index contributed by atoms with van der Waals surface area (Å²) in [5.74, 6) is 0.896. The first-order chi connectivity index (χ1) is 9.82. The predicted molar refractivity (Wildman–Crippen MR) is 72.8 cm³/mol. The molecule has 0 amide bonds. The molecule has 1 aliphatic heterocycles. The maximum atomic E-state index is 5.78. The molecule has 3 rings (SSSR count). The van der Waals surface area contributed by atoms with Gasteiger partial charge in [0.05, 0.1) is 6.61 Å². The summed E-state index contributed by atoms with van der Waals surface area (Å²) >= 11 is 0. The van der Waals surface area contributed by atoms with Gasteiger partial charge in [-0.1, -0.05) is 18.2 Å². The highest BCUT2D eigenvalue weighted by Crippen LogP contribution is 2.36. The van der Waals surface area contributed by atoms with Crippen LogP contribution in [0.15, 0.2) is 34.9 Å². The van der Waals surface area contributed by atoms with Crippen LogP contribution in [0, 0.1) is 0 Å². The second-order valence-electron chi connectivity index (χ2n) is 4.79. The van der Waals surface area contributed by atoms with E-state index in [4.69, 9.17) is 14.0 Å². The van der Waals surface area contributed by atoms with Crippen LogP contribution in [0.4, 0.5) is 11.6 Å². The van der Waals surface area contributed by atoms with Crippen LogP contribution in [0.25, 0.3) is 0 Å². The number of benzene rings is 1. The second kappa shape index (κ2) is 5.60. The van der Waals surface area contributed by atoms with Gasteiger partial charge >= 0.3 is 0 Å². The van der Waals surface area contributed by atoms with Gasteiger partial charge < -0.3 is 19.3 Å². The standard InChI is InChI=1S/C14H17N3O3/c1-18-10-14(8-5-9-19-14)12-16-13(17-20-12)15-11-6-3-2-4-7-11/h2-4,6-7H,5,8-10H2,1H3,(H,15,17). The normalized spacial score (nSPS) is 22.1. The van der Waals surface area contributed by atoms with Crippen LogP contribution in [0.5, 0.6) is 0 Å². The lowest BCUT2D eigenvalue weighted by Crippen LogP contribution is -2.30. The quantitative estimate of drug-likeness (QED) is 0.904. The van der Waals surface area contributed by atoms with Gasteiger partial charge in [-0.2, -0.15) is 4.98 Å². The molecule has 2 aromatic rings. The Bertz CT molecular complexity index is 550. The molecule has 0 spiro atoms. The van der Waals surface area contributed by atoms with E-state index in [1.165, 1.54) is 0 Å². The Morgan fingerprint density at radius 2 is 2.20 bits per heavy atom. The maximum Gasteiger partial charge on any atom is 0.267 e. The highest BCUT2D eigenvalue weighted by atomic mass is 16.6. The number of hydrogen-bond acceptors (Lipinski definition) is 6. The van der Waals surface area contributed by atoms with Crippen LogP contribution in [-0.4, -0.2) is 30.5 Å². The summed E-state index contributed by atoms with van der Waals surface area (Å²) < 4.78 is 16.4. The van der Waals surface area contributed by atoms with Crippen LogP contribution >= 0.6 is 0 Å². The van der Waals surface area contributed by atoms with Gasteiger partial charge in [0.2, 0.25) is 0 Å². The lowest BCUT2D eigenvalue weighted by Gasteiger charge is -2.22. The van der Waals surface area contributed by atoms with E-state index in [1.54, 1.807) is 7.11 Å². The number of aromatic nitrogens is 2. The minimum Gasteiger partial charge on any atom is -0.381 e. The van der Waals surface area contributed by atoms with Crippen LogP contribution in [0.2, 0.25) is 0 Å². The van der Waals surface area contributed by atoms with E-state index >= 15 is 0 Å². The fourth-order valence-corrected chi connectivity index (χ4v) is 2.38. The summed E-state index contributed by atoms with van der Waals surface area (Å²) in [7, 11) is 1.64. The minimum absolute atomic E-state index is 0.417. The van der Waals surface area contributed by atoms with Crippen LogP contribution in [0.1, 0.15) is 18.7 Å². The molecule has 6 heteroatoms. The van der Waals surface area contributed by atoms with Crippen LogP contribution in [0.3, 0.4) is 0 Å². The van der Waals surface area contributed by atoms with Crippen molar-refractivity contribution < 1.29 is 14.0 Å². The molecule has 0 radical (unpaired) electrons. The van der Waals surface area contributed by atoms with Crippen molar-refractivity contribution in [2.45, 2.75) is 18.4 Å². The summed E-state index contributed by atoms with van der Waals surface area (Å²) in [5.41, 5.74) is 0.311. The Hall–Kier alpha value is -1.92. The molecule has 0 bridgehead atoms. The molecule has 1 atom stereocenters. The highest BCUT2D eigenvalue weighted by molar-refractivity contribution is 5.52. The van der Waals surface area contributed by atoms with E-state index < -0.39 is 5.60 Å². The Labute approximate surface area is 117 Å². The molecule has 1 N–H and O–H groups in total. The summed E-state index contributed by atoms with van der Waals surface area (Å²) in [5, 5.41) is 7.05. The molecular weight excluding hydrogens is 258 g/mol. The maximum absolute atomic E-state index is 5.78. The highest BCUT2D eigenvalue weighted by Gasteiger charge is 2.42. The van der Waals surface area contributed by atoms with E-state index in [1.807, 2.05) is 30.3 Å². The topological polar surface area (TPSA) is 69.4 Å². The molecule has 0 saturated carbocycles. The third-order valence-electron chi connectivity index (χ3n) is 3.33. The molecule has 0 aliphatic carbocycles. The van der Waals surface area contributed by atoms with Crippen molar-refractivity contribution in [1.82, 2.24) is 10.1 Å². The molecule has 1 aromatic heterocycles. The first kappa shape index (κ1) is 13.1. The molecule has 1 fully saturated rings. The molecule has 106 valence electrons. The van der Waals surface area contributed by atoms with E-state index in [2.05, 4.69) is 15.5 Å². The molecule has 1 aliphatic rings. The molecular formula is C14H17N3O3. The number of anilines is 2. The Balaban J connectivity index is 1.79. The molecule has 2 heterocycles. The monoisotopic (exact) mass is 275 g/mol. The summed E-state index contributed by atoms with van der Waals surface area (Å²) in [6.45, 7) is 1.10. The van der Waals surface area contributed by atoms with Gasteiger partial charge in [0.1, 0.15) is 0 Å². The number of hydrogen-bond donors (Lipinski definition) is 1. The van der Waals surface area contributed by atoms with Gasteiger partial charge in [0.15, 0.2) is 5.60 Å². The lowest BCUT2D eigenvalue weighted by atomic mass is 10.0. The average molecular weight is 275 g/mol. The van der Waals surface area contributed by atoms with Crippen molar-refractivity contribution in [1.29, 1.82) is 0 Å². The minimum atomic E-state index is -0.599. The number of ether oxygens (including phenoxy) is 2. The van der Waals surface area contributed by atoms with Crippen molar-refractivity contribution in [3.05, 3.63) is 36.2 Å². The Kier molecular flexibility index (Phi) is 3.66. The van der Waals surface area contributed by atoms with Crippen LogP contribution in [-0.2, 0) is 15.1 Å². The Morgan fingerprint density at radius 1 is 1.35 bits per heavy atom. The molecule has 20 heavy (non-hydrogen) atoms. The van der Waals surface area contributed by atoms with Crippen LogP contribution < -0.4 is 5.32 Å². The third kappa shape index (κ3) is 2.52. The molecule has 1 saturated heterocycles. The van der Waals surface area contributed by atoms with Crippen molar-refractivity contribution in [2.24, 2.45) is 0 Å². The smallest absolute Gasteiger partial charge is 0.267 e. The molecule has 6 nitrogen and oxygen atoms in total. The SMILES string of the molecule is COCC1(c2nc(Nc3ccccc3)no2)CCCO1. The van der Waals surface area contributed by atoms with Gasteiger partial charge in [-0.05, 0) is 30.1 Å². The average Bonchev–Trinajstić information content (AvgIpc) is 3.10. The van der Waals surface area contributed by atoms with E-state index in [9.17, 15) is 0 Å². The number of para-hydroxylation sites is 1. The lowest BCUT2D eigenvalue weighted by molar-refractivity contribution is -0.0753. The zero-order valence-corrected chi connectivity index (χ0v) is 11.3. The number of rotatable bonds is 5. The van der Waals surface area contributed by atoms with Gasteiger partial charge in [0, 0.05) is 19.4 Å². The summed E-state index contributed by atoms with van der Waals surface area (Å²) in [6, 6.07) is 9.71. The second-order valence-corrected chi connectivity index (χ2v) is 4.79. The first-order valence-electron chi connectivity index (χ1n) is 6.62. The van der Waals surface area contributed by atoms with Crippen molar-refractivity contribution >= 4 is 11.6 Å². The van der Waals surface area contributed by atoms with Gasteiger partial charge in [-0.25, -0.2) is 0 Å². The van der Waals surface area contributed by atoms with Crippen molar-refractivity contribution in [3.8, 4) is 0 Å². The molecule has 1 unspecified atom stereocenters. The van der Waals surface area contributed by atoms with E-state index in [-0.39, 0.29) is 0 Å². The predicted octanol–water partition coefficient (Wildman–Crippen LogP) is 2.47. The fourth-order valence-electron chi connectivity index (χ4n) is 2.38. The summed E-state index contributed by atoms with van der Waals surface area (Å²) in [6.07, 6.45) is 1.79. The van der Waals surface area contributed by atoms with E-state index in [0.717, 1.165) is 18.5 Å². The van der Waals surface area contributed by atoms with Gasteiger partial charge in [-0.3, -0.25) is 0 Å². The van der Waals surface area contributed by atoms with E-state index in [0.29, 0.717) is 25.1 Å². The van der Waals surface area contributed by atoms with Crippen molar-refractivity contribution in [2.75, 3.05) is 25.6 Å².